The first kappa shape index (κ1) is 15.7. The molecule has 0 aromatic carbocycles. The van der Waals surface area contributed by atoms with Crippen molar-refractivity contribution in [2.24, 2.45) is 5.92 Å². The van der Waals surface area contributed by atoms with Crippen molar-refractivity contribution in [1.82, 2.24) is 0 Å². The highest BCUT2D eigenvalue weighted by molar-refractivity contribution is 5.89. The van der Waals surface area contributed by atoms with Crippen LogP contribution < -0.4 is 0 Å². The Bertz CT molecular complexity index is 281. The number of allylic oxidation sites excluding steroid dienone is 1. The molecular weight excluding hydrogens is 220 g/mol. The molecule has 0 radical (unpaired) electrons. The number of esters is 2. The molecule has 0 heterocycles. The van der Waals surface area contributed by atoms with E-state index in [-0.39, 0.29) is 17.9 Å². The molecule has 0 aromatic heterocycles. The van der Waals surface area contributed by atoms with Crippen LogP contribution >= 0.6 is 0 Å². The molecule has 17 heavy (non-hydrogen) atoms. The van der Waals surface area contributed by atoms with Crippen molar-refractivity contribution in [2.45, 2.75) is 39.5 Å². The zero-order valence-corrected chi connectivity index (χ0v) is 11.1. The second kappa shape index (κ2) is 8.79. The predicted octanol–water partition coefficient (Wildman–Crippen LogP) is 2.48. The summed E-state index contributed by atoms with van der Waals surface area (Å²) in [5, 5.41) is 0. The van der Waals surface area contributed by atoms with E-state index >= 15 is 0 Å². The molecule has 0 spiro atoms. The van der Waals surface area contributed by atoms with Gasteiger partial charge in [0.25, 0.3) is 0 Å². The molecule has 0 aliphatic carbocycles. The van der Waals surface area contributed by atoms with Gasteiger partial charge in [0.1, 0.15) is 0 Å². The van der Waals surface area contributed by atoms with Gasteiger partial charge in [-0.25, -0.2) is 4.79 Å². The van der Waals surface area contributed by atoms with Crippen LogP contribution in [-0.2, 0) is 19.1 Å². The van der Waals surface area contributed by atoms with Crippen LogP contribution in [0.4, 0.5) is 0 Å². The van der Waals surface area contributed by atoms with E-state index in [1.807, 2.05) is 0 Å². The van der Waals surface area contributed by atoms with Crippen LogP contribution in [0.5, 0.6) is 0 Å². The zero-order valence-electron chi connectivity index (χ0n) is 11.1. The molecule has 0 aromatic rings. The van der Waals surface area contributed by atoms with Gasteiger partial charge < -0.3 is 9.47 Å². The lowest BCUT2D eigenvalue weighted by Gasteiger charge is -2.15. The molecule has 0 aliphatic rings. The fraction of sp³-hybridized carbons (Fsp3) is 0.692. The fourth-order valence-corrected chi connectivity index (χ4v) is 1.64. The summed E-state index contributed by atoms with van der Waals surface area (Å²) in [4.78, 5) is 23.0. The van der Waals surface area contributed by atoms with Crippen molar-refractivity contribution in [1.29, 1.82) is 0 Å². The average Bonchev–Trinajstić information content (AvgIpc) is 2.37. The Hall–Kier alpha value is -1.32. The normalized spacial score (nSPS) is 13.1. The SMILES string of the molecule is C/C=C(/C[C@@H](CCCC)C(=O)OC)C(=O)OC. The van der Waals surface area contributed by atoms with Gasteiger partial charge in [-0.2, -0.15) is 0 Å². The number of rotatable bonds is 7. The maximum atomic E-state index is 11.6. The summed E-state index contributed by atoms with van der Waals surface area (Å²) >= 11 is 0. The Kier molecular flexibility index (Phi) is 8.11. The second-order valence-corrected chi connectivity index (χ2v) is 3.87. The lowest BCUT2D eigenvalue weighted by atomic mass is 9.94. The Morgan fingerprint density at radius 1 is 1.24 bits per heavy atom. The number of unbranched alkanes of at least 4 members (excludes halogenated alkanes) is 1. The smallest absolute Gasteiger partial charge is 0.333 e. The standard InChI is InChI=1S/C13H22O4/c1-5-7-8-11(13(15)17-4)9-10(6-2)12(14)16-3/h6,11H,5,7-9H2,1-4H3/b10-6-/t11-/m1/s1. The molecule has 0 unspecified atom stereocenters. The van der Waals surface area contributed by atoms with Gasteiger partial charge in [0.05, 0.1) is 20.1 Å². The van der Waals surface area contributed by atoms with E-state index in [1.54, 1.807) is 13.0 Å². The minimum atomic E-state index is -0.377. The van der Waals surface area contributed by atoms with Crippen molar-refractivity contribution in [3.63, 3.8) is 0 Å². The number of ether oxygens (including phenoxy) is 2. The average molecular weight is 242 g/mol. The van der Waals surface area contributed by atoms with Gasteiger partial charge in [0.2, 0.25) is 0 Å². The van der Waals surface area contributed by atoms with Gasteiger partial charge in [-0.05, 0) is 19.8 Å². The third kappa shape index (κ3) is 5.52. The van der Waals surface area contributed by atoms with Gasteiger partial charge in [0, 0.05) is 5.57 Å². The molecule has 0 bridgehead atoms. The lowest BCUT2D eigenvalue weighted by Crippen LogP contribution is -2.19. The molecule has 0 amide bonds. The fourth-order valence-electron chi connectivity index (χ4n) is 1.64. The number of carbonyl (C=O) groups excluding carboxylic acids is 2. The van der Waals surface area contributed by atoms with E-state index in [9.17, 15) is 9.59 Å². The first-order valence-corrected chi connectivity index (χ1v) is 5.91. The van der Waals surface area contributed by atoms with Crippen LogP contribution in [0, 0.1) is 5.92 Å². The Labute approximate surface area is 103 Å². The molecule has 0 aliphatic heterocycles. The minimum absolute atomic E-state index is 0.259. The molecule has 4 nitrogen and oxygen atoms in total. The quantitative estimate of drug-likeness (QED) is 0.508. The van der Waals surface area contributed by atoms with Crippen LogP contribution in [0.3, 0.4) is 0 Å². The number of hydrogen-bond acceptors (Lipinski definition) is 4. The van der Waals surface area contributed by atoms with E-state index in [4.69, 9.17) is 4.74 Å². The number of hydrogen-bond donors (Lipinski definition) is 0. The first-order valence-electron chi connectivity index (χ1n) is 5.91. The summed E-state index contributed by atoms with van der Waals surface area (Å²) in [5.74, 6) is -0.898. The largest absolute Gasteiger partial charge is 0.469 e. The molecule has 1 atom stereocenters. The van der Waals surface area contributed by atoms with Crippen molar-refractivity contribution in [3.8, 4) is 0 Å². The predicted molar refractivity (Wildman–Crippen MR) is 65.4 cm³/mol. The van der Waals surface area contributed by atoms with Crippen molar-refractivity contribution in [2.75, 3.05) is 14.2 Å². The maximum absolute atomic E-state index is 11.6. The number of methoxy groups -OCH3 is 2. The van der Waals surface area contributed by atoms with Gasteiger partial charge in [0.15, 0.2) is 0 Å². The minimum Gasteiger partial charge on any atom is -0.469 e. The van der Waals surface area contributed by atoms with E-state index in [0.29, 0.717) is 12.0 Å². The summed E-state index contributed by atoms with van der Waals surface area (Å²) < 4.78 is 9.41. The van der Waals surface area contributed by atoms with E-state index in [2.05, 4.69) is 11.7 Å². The van der Waals surface area contributed by atoms with Crippen molar-refractivity contribution in [3.05, 3.63) is 11.6 Å². The molecule has 0 fully saturated rings. The molecule has 0 rings (SSSR count). The second-order valence-electron chi connectivity index (χ2n) is 3.87. The molecule has 4 heteroatoms. The third-order valence-corrected chi connectivity index (χ3v) is 2.70. The molecular formula is C13H22O4. The first-order chi connectivity index (χ1) is 8.10. The van der Waals surface area contributed by atoms with E-state index in [0.717, 1.165) is 19.3 Å². The highest BCUT2D eigenvalue weighted by atomic mass is 16.5. The van der Waals surface area contributed by atoms with Crippen LogP contribution in [-0.4, -0.2) is 26.2 Å². The van der Waals surface area contributed by atoms with Crippen LogP contribution in [0.1, 0.15) is 39.5 Å². The highest BCUT2D eigenvalue weighted by Crippen LogP contribution is 2.20. The van der Waals surface area contributed by atoms with E-state index < -0.39 is 0 Å². The maximum Gasteiger partial charge on any atom is 0.333 e. The monoisotopic (exact) mass is 242 g/mol. The topological polar surface area (TPSA) is 52.6 Å². The van der Waals surface area contributed by atoms with Gasteiger partial charge in [-0.1, -0.05) is 25.8 Å². The summed E-state index contributed by atoms with van der Waals surface area (Å²) in [6, 6.07) is 0. The summed E-state index contributed by atoms with van der Waals surface area (Å²) in [7, 11) is 2.71. The Morgan fingerprint density at radius 2 is 1.88 bits per heavy atom. The van der Waals surface area contributed by atoms with Crippen LogP contribution in [0.15, 0.2) is 11.6 Å². The van der Waals surface area contributed by atoms with Gasteiger partial charge >= 0.3 is 11.9 Å². The zero-order chi connectivity index (χ0) is 13.3. The lowest BCUT2D eigenvalue weighted by molar-refractivity contribution is -0.145. The molecule has 0 saturated heterocycles. The van der Waals surface area contributed by atoms with Gasteiger partial charge in [-0.3, -0.25) is 4.79 Å². The van der Waals surface area contributed by atoms with Crippen molar-refractivity contribution >= 4 is 11.9 Å². The Balaban J connectivity index is 4.60. The van der Waals surface area contributed by atoms with Crippen LogP contribution in [0.2, 0.25) is 0 Å². The third-order valence-electron chi connectivity index (χ3n) is 2.70. The van der Waals surface area contributed by atoms with Crippen LogP contribution in [0.25, 0.3) is 0 Å². The molecule has 0 N–H and O–H groups in total. The summed E-state index contributed by atoms with van der Waals surface area (Å²) in [5.41, 5.74) is 0.527. The number of carbonyl (C=O) groups is 2. The highest BCUT2D eigenvalue weighted by Gasteiger charge is 2.22. The van der Waals surface area contributed by atoms with Gasteiger partial charge in [-0.15, -0.1) is 0 Å². The summed E-state index contributed by atoms with van der Waals surface area (Å²) in [6.07, 6.45) is 4.76. The molecule has 98 valence electrons. The molecule has 0 saturated carbocycles. The van der Waals surface area contributed by atoms with E-state index in [1.165, 1.54) is 14.2 Å². The van der Waals surface area contributed by atoms with Crippen molar-refractivity contribution < 1.29 is 19.1 Å². The summed E-state index contributed by atoms with van der Waals surface area (Å²) in [6.45, 7) is 3.83. The Morgan fingerprint density at radius 3 is 2.29 bits per heavy atom.